The summed E-state index contributed by atoms with van der Waals surface area (Å²) in [6.45, 7) is 7.58. The summed E-state index contributed by atoms with van der Waals surface area (Å²) >= 11 is 0. The van der Waals surface area contributed by atoms with E-state index >= 15 is 0 Å². The first-order valence-corrected chi connectivity index (χ1v) is 7.90. The maximum atomic E-state index is 12.4. The van der Waals surface area contributed by atoms with Crippen molar-refractivity contribution in [2.24, 2.45) is 5.41 Å². The molecule has 1 atom stereocenters. The van der Waals surface area contributed by atoms with Gasteiger partial charge in [0.05, 0.1) is 5.75 Å². The SMILES string of the molecule is CCC1(C(=O)O)CCCN1S(=O)(=O)CC(C)(C)C. The normalized spacial score (nSPS) is 26.4. The third-order valence-electron chi connectivity index (χ3n) is 3.36. The van der Waals surface area contributed by atoms with E-state index in [0.29, 0.717) is 25.8 Å². The van der Waals surface area contributed by atoms with E-state index in [4.69, 9.17) is 0 Å². The van der Waals surface area contributed by atoms with Crippen LogP contribution in [0.25, 0.3) is 0 Å². The second-order valence-electron chi connectivity index (χ2n) is 6.18. The van der Waals surface area contributed by atoms with Crippen molar-refractivity contribution < 1.29 is 18.3 Å². The van der Waals surface area contributed by atoms with Crippen LogP contribution in [-0.2, 0) is 14.8 Å². The Morgan fingerprint density at radius 1 is 1.39 bits per heavy atom. The molecule has 18 heavy (non-hydrogen) atoms. The van der Waals surface area contributed by atoms with Crippen LogP contribution in [0.5, 0.6) is 0 Å². The summed E-state index contributed by atoms with van der Waals surface area (Å²) in [7, 11) is -3.53. The molecule has 1 N–H and O–H groups in total. The number of carbonyl (C=O) groups is 1. The first-order valence-electron chi connectivity index (χ1n) is 6.29. The van der Waals surface area contributed by atoms with E-state index in [-0.39, 0.29) is 11.2 Å². The number of hydrogen-bond acceptors (Lipinski definition) is 3. The first-order chi connectivity index (χ1) is 8.05. The van der Waals surface area contributed by atoms with E-state index in [9.17, 15) is 18.3 Å². The molecule has 1 aliphatic heterocycles. The third kappa shape index (κ3) is 2.85. The van der Waals surface area contributed by atoms with Crippen molar-refractivity contribution >= 4 is 16.0 Å². The third-order valence-corrected chi connectivity index (χ3v) is 5.80. The van der Waals surface area contributed by atoms with Crippen LogP contribution >= 0.6 is 0 Å². The highest BCUT2D eigenvalue weighted by Crippen LogP contribution is 2.36. The Bertz CT molecular complexity index is 424. The Balaban J connectivity index is 3.11. The van der Waals surface area contributed by atoms with Gasteiger partial charge in [-0.05, 0) is 24.7 Å². The van der Waals surface area contributed by atoms with Gasteiger partial charge in [-0.15, -0.1) is 0 Å². The van der Waals surface area contributed by atoms with Crippen LogP contribution in [0, 0.1) is 5.41 Å². The predicted molar refractivity (Wildman–Crippen MR) is 69.8 cm³/mol. The summed E-state index contributed by atoms with van der Waals surface area (Å²) < 4.78 is 26.0. The molecule has 106 valence electrons. The summed E-state index contributed by atoms with van der Waals surface area (Å²) in [5.41, 5.74) is -1.61. The summed E-state index contributed by atoms with van der Waals surface area (Å²) in [6, 6.07) is 0. The molecular weight excluding hydrogens is 254 g/mol. The van der Waals surface area contributed by atoms with Gasteiger partial charge in [0.1, 0.15) is 5.54 Å². The van der Waals surface area contributed by atoms with Crippen molar-refractivity contribution in [2.45, 2.75) is 52.5 Å². The molecule has 0 amide bonds. The molecular formula is C12H23NO4S. The summed E-state index contributed by atoms with van der Waals surface area (Å²) in [6.07, 6.45) is 1.33. The van der Waals surface area contributed by atoms with Crippen LogP contribution < -0.4 is 0 Å². The van der Waals surface area contributed by atoms with E-state index in [2.05, 4.69) is 0 Å². The summed E-state index contributed by atoms with van der Waals surface area (Å²) in [5.74, 6) is -1.05. The number of carboxylic acids is 1. The molecule has 1 heterocycles. The lowest BCUT2D eigenvalue weighted by Gasteiger charge is -2.34. The van der Waals surface area contributed by atoms with Gasteiger partial charge in [-0.25, -0.2) is 8.42 Å². The van der Waals surface area contributed by atoms with Gasteiger partial charge >= 0.3 is 5.97 Å². The Kier molecular flexibility index (Phi) is 4.13. The summed E-state index contributed by atoms with van der Waals surface area (Å²) in [4.78, 5) is 11.5. The highest BCUT2D eigenvalue weighted by Gasteiger charge is 2.52. The van der Waals surface area contributed by atoms with E-state index in [1.54, 1.807) is 6.92 Å². The van der Waals surface area contributed by atoms with E-state index in [1.807, 2.05) is 20.8 Å². The average molecular weight is 277 g/mol. The van der Waals surface area contributed by atoms with Crippen LogP contribution in [0.15, 0.2) is 0 Å². The fourth-order valence-electron chi connectivity index (χ4n) is 2.60. The van der Waals surface area contributed by atoms with Gasteiger partial charge in [0.15, 0.2) is 0 Å². The maximum absolute atomic E-state index is 12.4. The molecule has 0 bridgehead atoms. The molecule has 1 saturated heterocycles. The van der Waals surface area contributed by atoms with E-state index in [1.165, 1.54) is 4.31 Å². The fraction of sp³-hybridized carbons (Fsp3) is 0.917. The van der Waals surface area contributed by atoms with Crippen LogP contribution in [0.4, 0.5) is 0 Å². The number of rotatable bonds is 4. The zero-order valence-corrected chi connectivity index (χ0v) is 12.4. The minimum Gasteiger partial charge on any atom is -0.480 e. The topological polar surface area (TPSA) is 74.7 Å². The van der Waals surface area contributed by atoms with Crippen LogP contribution in [-0.4, -0.2) is 41.6 Å². The molecule has 1 rings (SSSR count). The fourth-order valence-corrected chi connectivity index (χ4v) is 5.09. The Hall–Kier alpha value is -0.620. The number of nitrogens with zero attached hydrogens (tertiary/aromatic N) is 1. The standard InChI is InChI=1S/C12H23NO4S/c1-5-12(10(14)15)7-6-8-13(12)18(16,17)9-11(2,3)4/h5-9H2,1-4H3,(H,14,15). The van der Waals surface area contributed by atoms with Gasteiger partial charge < -0.3 is 5.11 Å². The number of sulfonamides is 1. The van der Waals surface area contributed by atoms with Crippen LogP contribution in [0.3, 0.4) is 0 Å². The van der Waals surface area contributed by atoms with Gasteiger partial charge in [-0.1, -0.05) is 27.7 Å². The van der Waals surface area contributed by atoms with Gasteiger partial charge in [-0.3, -0.25) is 4.79 Å². The quantitative estimate of drug-likeness (QED) is 0.848. The van der Waals surface area contributed by atoms with Crippen molar-refractivity contribution in [2.75, 3.05) is 12.3 Å². The monoisotopic (exact) mass is 277 g/mol. The van der Waals surface area contributed by atoms with E-state index < -0.39 is 21.5 Å². The smallest absolute Gasteiger partial charge is 0.325 e. The Labute approximate surface area is 109 Å². The molecule has 0 radical (unpaired) electrons. The van der Waals surface area contributed by atoms with Crippen molar-refractivity contribution in [1.29, 1.82) is 0 Å². The maximum Gasteiger partial charge on any atom is 0.325 e. The lowest BCUT2D eigenvalue weighted by molar-refractivity contribution is -0.147. The molecule has 0 aromatic heterocycles. The highest BCUT2D eigenvalue weighted by atomic mass is 32.2. The molecule has 0 spiro atoms. The van der Waals surface area contributed by atoms with E-state index in [0.717, 1.165) is 0 Å². The predicted octanol–water partition coefficient (Wildman–Crippen LogP) is 1.69. The molecule has 0 aromatic rings. The van der Waals surface area contributed by atoms with Gasteiger partial charge in [-0.2, -0.15) is 4.31 Å². The molecule has 0 aliphatic carbocycles. The average Bonchev–Trinajstić information content (AvgIpc) is 2.58. The van der Waals surface area contributed by atoms with Gasteiger partial charge in [0, 0.05) is 6.54 Å². The van der Waals surface area contributed by atoms with Crippen molar-refractivity contribution in [1.82, 2.24) is 4.31 Å². The highest BCUT2D eigenvalue weighted by molar-refractivity contribution is 7.89. The molecule has 6 heteroatoms. The van der Waals surface area contributed by atoms with Gasteiger partial charge in [0.2, 0.25) is 10.0 Å². The molecule has 1 aliphatic rings. The lowest BCUT2D eigenvalue weighted by atomic mass is 9.95. The second-order valence-corrected chi connectivity index (χ2v) is 8.08. The molecule has 5 nitrogen and oxygen atoms in total. The molecule has 0 aromatic carbocycles. The zero-order valence-electron chi connectivity index (χ0n) is 11.6. The minimum absolute atomic E-state index is 0.0188. The van der Waals surface area contributed by atoms with Crippen LogP contribution in [0.2, 0.25) is 0 Å². The minimum atomic E-state index is -3.53. The lowest BCUT2D eigenvalue weighted by Crippen LogP contribution is -2.54. The Morgan fingerprint density at radius 2 is 1.94 bits per heavy atom. The van der Waals surface area contributed by atoms with Crippen molar-refractivity contribution in [3.8, 4) is 0 Å². The first kappa shape index (κ1) is 15.4. The van der Waals surface area contributed by atoms with Crippen molar-refractivity contribution in [3.63, 3.8) is 0 Å². The molecule has 1 unspecified atom stereocenters. The summed E-state index contributed by atoms with van der Waals surface area (Å²) in [5, 5.41) is 9.39. The van der Waals surface area contributed by atoms with Crippen LogP contribution in [0.1, 0.15) is 47.0 Å². The zero-order chi connectivity index (χ0) is 14.2. The largest absolute Gasteiger partial charge is 0.480 e. The number of hydrogen-bond donors (Lipinski definition) is 1. The Morgan fingerprint density at radius 3 is 2.33 bits per heavy atom. The molecule has 0 saturated carbocycles. The van der Waals surface area contributed by atoms with Crippen molar-refractivity contribution in [3.05, 3.63) is 0 Å². The number of carboxylic acid groups (broad SMARTS) is 1. The second kappa shape index (κ2) is 4.81. The molecule has 1 fully saturated rings. The van der Waals surface area contributed by atoms with Gasteiger partial charge in [0.25, 0.3) is 0 Å². The number of aliphatic carboxylic acids is 1.